The highest BCUT2D eigenvalue weighted by Gasteiger charge is 2.40. The SMILES string of the molecule is O=C(Nc1ccc(SC2CC(=O)N(c3ccc(F)cc3)C2=O)cc1)/C(=C/c1ccc(OCc2ccccc2)cc1)NC(=O)c1ccccc1. The fraction of sp³-hybridized carbons (Fsp3) is 0.0769. The van der Waals surface area contributed by atoms with Crippen molar-refractivity contribution < 1.29 is 28.3 Å². The molecule has 0 spiro atoms. The number of rotatable bonds is 11. The number of amides is 4. The summed E-state index contributed by atoms with van der Waals surface area (Å²) in [7, 11) is 0. The van der Waals surface area contributed by atoms with Gasteiger partial charge in [-0.15, -0.1) is 11.8 Å². The van der Waals surface area contributed by atoms with E-state index in [0.29, 0.717) is 39.8 Å². The maximum absolute atomic E-state index is 13.5. The third-order valence-electron chi connectivity index (χ3n) is 7.55. The molecule has 0 aromatic heterocycles. The predicted octanol–water partition coefficient (Wildman–Crippen LogP) is 7.24. The molecule has 1 atom stereocenters. The fourth-order valence-electron chi connectivity index (χ4n) is 5.05. The Morgan fingerprint density at radius 2 is 1.47 bits per heavy atom. The van der Waals surface area contributed by atoms with Crippen LogP contribution in [0.4, 0.5) is 15.8 Å². The predicted molar refractivity (Wildman–Crippen MR) is 187 cm³/mol. The molecule has 244 valence electrons. The van der Waals surface area contributed by atoms with Crippen molar-refractivity contribution in [2.24, 2.45) is 0 Å². The van der Waals surface area contributed by atoms with Gasteiger partial charge in [-0.3, -0.25) is 19.2 Å². The van der Waals surface area contributed by atoms with Crippen molar-refractivity contribution >= 4 is 52.8 Å². The molecule has 0 saturated carbocycles. The standard InChI is InChI=1S/C39H30FN3O5S/c40-29-13-17-31(18-14-29)43-36(44)24-35(39(43)47)49-33-21-15-30(16-22-33)41-38(46)34(42-37(45)28-9-5-2-6-10-28)23-26-11-19-32(20-12-26)48-25-27-7-3-1-4-8-27/h1-23,35H,24-25H2,(H,41,46)(H,42,45)/b34-23-. The highest BCUT2D eigenvalue weighted by Crippen LogP contribution is 2.34. The van der Waals surface area contributed by atoms with E-state index in [2.05, 4.69) is 10.6 Å². The van der Waals surface area contributed by atoms with Gasteiger partial charge in [-0.1, -0.05) is 60.7 Å². The number of hydrogen-bond acceptors (Lipinski definition) is 6. The molecule has 1 saturated heterocycles. The molecule has 1 unspecified atom stereocenters. The Hall–Kier alpha value is -6.00. The number of ether oxygens (including phenoxy) is 1. The van der Waals surface area contributed by atoms with Crippen LogP contribution in [0.5, 0.6) is 5.75 Å². The number of thioether (sulfide) groups is 1. The molecule has 1 aliphatic heterocycles. The quantitative estimate of drug-likeness (QED) is 0.113. The summed E-state index contributed by atoms with van der Waals surface area (Å²) in [5.74, 6) is -1.52. The first-order chi connectivity index (χ1) is 23.8. The first-order valence-electron chi connectivity index (χ1n) is 15.4. The summed E-state index contributed by atoms with van der Waals surface area (Å²) < 4.78 is 19.2. The van der Waals surface area contributed by atoms with Gasteiger partial charge in [0.15, 0.2) is 0 Å². The zero-order valence-electron chi connectivity index (χ0n) is 26.0. The molecule has 1 fully saturated rings. The van der Waals surface area contributed by atoms with Gasteiger partial charge >= 0.3 is 0 Å². The van der Waals surface area contributed by atoms with Gasteiger partial charge < -0.3 is 15.4 Å². The van der Waals surface area contributed by atoms with Gasteiger partial charge in [0, 0.05) is 22.6 Å². The van der Waals surface area contributed by atoms with Crippen LogP contribution in [0.1, 0.15) is 27.9 Å². The van der Waals surface area contributed by atoms with Crippen LogP contribution in [0.2, 0.25) is 0 Å². The van der Waals surface area contributed by atoms with Crippen LogP contribution in [0, 0.1) is 5.82 Å². The van der Waals surface area contributed by atoms with Crippen LogP contribution >= 0.6 is 11.8 Å². The Kier molecular flexibility index (Phi) is 10.3. The Balaban J connectivity index is 1.13. The largest absolute Gasteiger partial charge is 0.489 e. The van der Waals surface area contributed by atoms with Crippen LogP contribution in [0.3, 0.4) is 0 Å². The van der Waals surface area contributed by atoms with Gasteiger partial charge in [-0.25, -0.2) is 9.29 Å². The van der Waals surface area contributed by atoms with E-state index in [0.717, 1.165) is 10.5 Å². The molecule has 6 rings (SSSR count). The Labute approximate surface area is 286 Å². The number of nitrogens with one attached hydrogen (secondary N) is 2. The van der Waals surface area contributed by atoms with E-state index in [1.165, 1.54) is 36.0 Å². The minimum absolute atomic E-state index is 0.00869. The number of hydrogen-bond donors (Lipinski definition) is 2. The zero-order chi connectivity index (χ0) is 34.2. The Bertz CT molecular complexity index is 1990. The lowest BCUT2D eigenvalue weighted by molar-refractivity contribution is -0.121. The summed E-state index contributed by atoms with van der Waals surface area (Å²) >= 11 is 1.23. The van der Waals surface area contributed by atoms with Crippen LogP contribution in [0.25, 0.3) is 6.08 Å². The summed E-state index contributed by atoms with van der Waals surface area (Å²) in [5, 5.41) is 4.91. The first kappa shape index (κ1) is 32.9. The minimum Gasteiger partial charge on any atom is -0.489 e. The average Bonchev–Trinajstić information content (AvgIpc) is 3.41. The molecule has 1 aliphatic rings. The molecule has 8 nitrogen and oxygen atoms in total. The smallest absolute Gasteiger partial charge is 0.272 e. The number of imide groups is 1. The van der Waals surface area contributed by atoms with E-state index in [1.54, 1.807) is 84.9 Å². The maximum Gasteiger partial charge on any atom is 0.272 e. The highest BCUT2D eigenvalue weighted by atomic mass is 32.2. The van der Waals surface area contributed by atoms with Gasteiger partial charge in [-0.05, 0) is 90.0 Å². The maximum atomic E-state index is 13.5. The highest BCUT2D eigenvalue weighted by molar-refractivity contribution is 8.00. The van der Waals surface area contributed by atoms with E-state index in [1.807, 2.05) is 30.3 Å². The number of anilines is 2. The second-order valence-corrected chi connectivity index (χ2v) is 12.3. The summed E-state index contributed by atoms with van der Waals surface area (Å²) in [6.45, 7) is 0.414. The van der Waals surface area contributed by atoms with Crippen molar-refractivity contribution in [2.75, 3.05) is 10.2 Å². The lowest BCUT2D eigenvalue weighted by atomic mass is 10.1. The Morgan fingerprint density at radius 3 is 2.14 bits per heavy atom. The fourth-order valence-corrected chi connectivity index (χ4v) is 6.10. The molecule has 1 heterocycles. The van der Waals surface area contributed by atoms with Crippen LogP contribution in [0.15, 0.2) is 144 Å². The third-order valence-corrected chi connectivity index (χ3v) is 8.75. The molecule has 0 bridgehead atoms. The van der Waals surface area contributed by atoms with Crippen molar-refractivity contribution in [1.82, 2.24) is 5.32 Å². The normalized spacial score (nSPS) is 14.4. The first-order valence-corrected chi connectivity index (χ1v) is 16.3. The number of carbonyl (C=O) groups excluding carboxylic acids is 4. The molecule has 4 amide bonds. The van der Waals surface area contributed by atoms with Crippen molar-refractivity contribution in [3.05, 3.63) is 162 Å². The van der Waals surface area contributed by atoms with Gasteiger partial charge in [-0.2, -0.15) is 0 Å². The lowest BCUT2D eigenvalue weighted by Crippen LogP contribution is -2.31. The molecule has 49 heavy (non-hydrogen) atoms. The summed E-state index contributed by atoms with van der Waals surface area (Å²) in [4.78, 5) is 54.0. The molecule has 0 aliphatic carbocycles. The summed E-state index contributed by atoms with van der Waals surface area (Å²) in [6, 6.07) is 37.6. The van der Waals surface area contributed by atoms with Gasteiger partial charge in [0.1, 0.15) is 23.9 Å². The van der Waals surface area contributed by atoms with Crippen LogP contribution in [-0.4, -0.2) is 28.9 Å². The number of halogens is 1. The molecule has 2 N–H and O–H groups in total. The molecule has 10 heteroatoms. The summed E-state index contributed by atoms with van der Waals surface area (Å²) in [6.07, 6.45) is 1.59. The zero-order valence-corrected chi connectivity index (χ0v) is 26.9. The second kappa shape index (κ2) is 15.3. The van der Waals surface area contributed by atoms with Crippen molar-refractivity contribution in [3.63, 3.8) is 0 Å². The lowest BCUT2D eigenvalue weighted by Gasteiger charge is -2.15. The Morgan fingerprint density at radius 1 is 0.816 bits per heavy atom. The molecule has 5 aromatic carbocycles. The van der Waals surface area contributed by atoms with Crippen LogP contribution < -0.4 is 20.3 Å². The van der Waals surface area contributed by atoms with E-state index in [9.17, 15) is 23.6 Å². The van der Waals surface area contributed by atoms with E-state index in [4.69, 9.17) is 4.74 Å². The van der Waals surface area contributed by atoms with Crippen molar-refractivity contribution in [2.45, 2.75) is 23.2 Å². The monoisotopic (exact) mass is 671 g/mol. The molecule has 5 aromatic rings. The topological polar surface area (TPSA) is 105 Å². The van der Waals surface area contributed by atoms with Gasteiger partial charge in [0.05, 0.1) is 10.9 Å². The number of nitrogens with zero attached hydrogens (tertiary/aromatic N) is 1. The van der Waals surface area contributed by atoms with Gasteiger partial charge in [0.2, 0.25) is 11.8 Å². The van der Waals surface area contributed by atoms with Crippen molar-refractivity contribution in [3.8, 4) is 5.75 Å². The second-order valence-electron chi connectivity index (χ2n) is 11.1. The molecular weight excluding hydrogens is 642 g/mol. The van der Waals surface area contributed by atoms with E-state index < -0.39 is 22.9 Å². The van der Waals surface area contributed by atoms with Crippen molar-refractivity contribution in [1.29, 1.82) is 0 Å². The summed E-state index contributed by atoms with van der Waals surface area (Å²) in [5.41, 5.74) is 2.92. The average molecular weight is 672 g/mol. The third kappa shape index (κ3) is 8.48. The molecule has 0 radical (unpaired) electrons. The van der Waals surface area contributed by atoms with Gasteiger partial charge in [0.25, 0.3) is 11.8 Å². The van der Waals surface area contributed by atoms with Crippen LogP contribution in [-0.2, 0) is 21.0 Å². The number of carbonyl (C=O) groups is 4. The minimum atomic E-state index is -0.643. The van der Waals surface area contributed by atoms with E-state index in [-0.39, 0.29) is 23.9 Å². The molecular formula is C39H30FN3O5S. The number of benzene rings is 5. The van der Waals surface area contributed by atoms with E-state index >= 15 is 0 Å².